The van der Waals surface area contributed by atoms with Crippen molar-refractivity contribution in [3.8, 4) is 0 Å². The molecule has 1 fully saturated rings. The quantitative estimate of drug-likeness (QED) is 0.877. The maximum absolute atomic E-state index is 12.2. The van der Waals surface area contributed by atoms with Gasteiger partial charge >= 0.3 is 12.0 Å². The van der Waals surface area contributed by atoms with Crippen LogP contribution in [-0.4, -0.2) is 41.6 Å². The molecular weight excluding hydrogens is 292 g/mol. The molecule has 5 heteroatoms. The Morgan fingerprint density at radius 2 is 1.96 bits per heavy atom. The van der Waals surface area contributed by atoms with E-state index in [0.717, 1.165) is 6.42 Å². The molecule has 1 aliphatic heterocycles. The van der Waals surface area contributed by atoms with Gasteiger partial charge in [-0.1, -0.05) is 45.0 Å². The molecule has 1 aromatic carbocycles. The average Bonchev–Trinajstić information content (AvgIpc) is 3.03. The van der Waals surface area contributed by atoms with Crippen molar-refractivity contribution in [2.24, 2.45) is 5.92 Å². The number of urea groups is 1. The second-order valence-electron chi connectivity index (χ2n) is 6.86. The number of likely N-dealkylation sites (tertiary alicyclic amines) is 1. The molecule has 1 aliphatic rings. The van der Waals surface area contributed by atoms with Crippen LogP contribution in [0.25, 0.3) is 0 Å². The van der Waals surface area contributed by atoms with E-state index < -0.39 is 11.9 Å². The number of carboxylic acids is 1. The summed E-state index contributed by atoms with van der Waals surface area (Å²) < 4.78 is 0. The van der Waals surface area contributed by atoms with E-state index in [1.807, 2.05) is 0 Å². The molecule has 1 atom stereocenters. The Labute approximate surface area is 137 Å². The van der Waals surface area contributed by atoms with Crippen molar-refractivity contribution < 1.29 is 14.7 Å². The van der Waals surface area contributed by atoms with Crippen LogP contribution in [0.4, 0.5) is 4.79 Å². The number of hydrogen-bond donors (Lipinski definition) is 2. The lowest BCUT2D eigenvalue weighted by molar-refractivity contribution is -0.141. The summed E-state index contributed by atoms with van der Waals surface area (Å²) in [6.45, 7) is 7.64. The highest BCUT2D eigenvalue weighted by atomic mass is 16.4. The van der Waals surface area contributed by atoms with E-state index in [1.165, 1.54) is 11.1 Å². The van der Waals surface area contributed by atoms with E-state index >= 15 is 0 Å². The lowest BCUT2D eigenvalue weighted by Gasteiger charge is -2.27. The molecule has 0 radical (unpaired) electrons. The zero-order valence-electron chi connectivity index (χ0n) is 14.1. The van der Waals surface area contributed by atoms with E-state index in [9.17, 15) is 9.59 Å². The Morgan fingerprint density at radius 3 is 2.48 bits per heavy atom. The van der Waals surface area contributed by atoms with Crippen LogP contribution in [0.1, 0.15) is 38.3 Å². The van der Waals surface area contributed by atoms with Gasteiger partial charge in [-0.05, 0) is 24.0 Å². The number of nitrogens with zero attached hydrogens (tertiary/aromatic N) is 1. The summed E-state index contributed by atoms with van der Waals surface area (Å²) in [4.78, 5) is 24.8. The molecule has 0 saturated carbocycles. The molecule has 5 nitrogen and oxygen atoms in total. The number of aryl methyl sites for hydroxylation is 1. The summed E-state index contributed by atoms with van der Waals surface area (Å²) in [5.74, 6) is -1.26. The van der Waals surface area contributed by atoms with E-state index in [2.05, 4.69) is 50.4 Å². The number of nitrogens with one attached hydrogen (secondary N) is 1. The Hall–Kier alpha value is -2.04. The Balaban J connectivity index is 1.90. The van der Waals surface area contributed by atoms with Crippen LogP contribution in [0.2, 0.25) is 0 Å². The summed E-state index contributed by atoms with van der Waals surface area (Å²) >= 11 is 0. The molecule has 0 bridgehead atoms. The summed E-state index contributed by atoms with van der Waals surface area (Å²) in [5, 5.41) is 12.0. The van der Waals surface area contributed by atoms with Gasteiger partial charge in [-0.25, -0.2) is 4.79 Å². The number of aliphatic carboxylic acids is 1. The van der Waals surface area contributed by atoms with Crippen LogP contribution in [0.15, 0.2) is 24.3 Å². The highest BCUT2D eigenvalue weighted by Gasteiger charge is 2.31. The molecule has 2 N–H and O–H groups in total. The fourth-order valence-electron chi connectivity index (χ4n) is 2.85. The number of hydrogen-bond acceptors (Lipinski definition) is 2. The Bertz CT molecular complexity index is 566. The van der Waals surface area contributed by atoms with E-state index in [1.54, 1.807) is 4.90 Å². The second-order valence-corrected chi connectivity index (χ2v) is 6.86. The maximum Gasteiger partial charge on any atom is 0.317 e. The lowest BCUT2D eigenvalue weighted by atomic mass is 9.84. The zero-order valence-corrected chi connectivity index (χ0v) is 14.1. The summed E-state index contributed by atoms with van der Waals surface area (Å²) in [6, 6.07) is 8.29. The first-order chi connectivity index (χ1) is 10.8. The fourth-order valence-corrected chi connectivity index (χ4v) is 2.85. The van der Waals surface area contributed by atoms with Gasteiger partial charge in [-0.15, -0.1) is 0 Å². The minimum Gasteiger partial charge on any atom is -0.481 e. The highest BCUT2D eigenvalue weighted by Crippen LogP contribution is 2.23. The predicted octanol–water partition coefficient (Wildman–Crippen LogP) is 2.64. The largest absolute Gasteiger partial charge is 0.481 e. The Morgan fingerprint density at radius 1 is 1.30 bits per heavy atom. The van der Waals surface area contributed by atoms with Gasteiger partial charge in [-0.2, -0.15) is 0 Å². The summed E-state index contributed by atoms with van der Waals surface area (Å²) in [6.07, 6.45) is 1.54. The van der Waals surface area contributed by atoms with Crippen LogP contribution in [0, 0.1) is 5.92 Å². The van der Waals surface area contributed by atoms with Crippen LogP contribution < -0.4 is 5.32 Å². The van der Waals surface area contributed by atoms with Crippen molar-refractivity contribution in [1.82, 2.24) is 10.2 Å². The highest BCUT2D eigenvalue weighted by molar-refractivity contribution is 5.77. The van der Waals surface area contributed by atoms with E-state index in [0.29, 0.717) is 26.1 Å². The number of amides is 2. The van der Waals surface area contributed by atoms with Crippen LogP contribution in [-0.2, 0) is 16.6 Å². The molecule has 1 aromatic rings. The maximum atomic E-state index is 12.2. The van der Waals surface area contributed by atoms with Gasteiger partial charge in [0.15, 0.2) is 0 Å². The number of carboxylic acid groups (broad SMARTS) is 1. The first kappa shape index (κ1) is 17.3. The molecule has 1 unspecified atom stereocenters. The van der Waals surface area contributed by atoms with Gasteiger partial charge in [-0.3, -0.25) is 4.79 Å². The first-order valence-corrected chi connectivity index (χ1v) is 8.18. The number of carbonyl (C=O) groups is 2. The third-order valence-corrected chi connectivity index (χ3v) is 4.65. The van der Waals surface area contributed by atoms with Crippen molar-refractivity contribution in [2.45, 2.75) is 39.0 Å². The number of rotatable bonds is 5. The third-order valence-electron chi connectivity index (χ3n) is 4.65. The minimum atomic E-state index is -0.823. The number of benzene rings is 1. The van der Waals surface area contributed by atoms with Crippen LogP contribution >= 0.6 is 0 Å². The monoisotopic (exact) mass is 318 g/mol. The molecule has 1 saturated heterocycles. The fraction of sp³-hybridized carbons (Fsp3) is 0.556. The van der Waals surface area contributed by atoms with Crippen molar-refractivity contribution in [1.29, 1.82) is 0 Å². The standard InChI is InChI=1S/C18H26N2O3/c1-4-13-5-7-15(8-6-13)18(2,3)12-19-17(23)20-10-9-14(11-20)16(21)22/h5-8,14H,4,9-12H2,1-3H3,(H,19,23)(H,21,22). The van der Waals surface area contributed by atoms with Gasteiger partial charge < -0.3 is 15.3 Å². The minimum absolute atomic E-state index is 0.173. The summed E-state index contributed by atoms with van der Waals surface area (Å²) in [7, 11) is 0. The molecule has 1 heterocycles. The average molecular weight is 318 g/mol. The normalized spacial score (nSPS) is 18.0. The lowest BCUT2D eigenvalue weighted by Crippen LogP contribution is -2.44. The molecule has 23 heavy (non-hydrogen) atoms. The van der Waals surface area contributed by atoms with Gasteiger partial charge in [0.1, 0.15) is 0 Å². The molecule has 2 rings (SSSR count). The first-order valence-electron chi connectivity index (χ1n) is 8.18. The SMILES string of the molecule is CCc1ccc(C(C)(C)CNC(=O)N2CCC(C(=O)O)C2)cc1. The van der Waals surface area contributed by atoms with E-state index in [-0.39, 0.29) is 11.4 Å². The topological polar surface area (TPSA) is 69.6 Å². The molecule has 2 amide bonds. The van der Waals surface area contributed by atoms with Crippen LogP contribution in [0.3, 0.4) is 0 Å². The summed E-state index contributed by atoms with van der Waals surface area (Å²) in [5.41, 5.74) is 2.30. The molecule has 0 aliphatic carbocycles. The predicted molar refractivity (Wildman–Crippen MR) is 89.6 cm³/mol. The van der Waals surface area contributed by atoms with Crippen molar-refractivity contribution >= 4 is 12.0 Å². The van der Waals surface area contributed by atoms with Crippen molar-refractivity contribution in [3.05, 3.63) is 35.4 Å². The third kappa shape index (κ3) is 4.24. The van der Waals surface area contributed by atoms with Gasteiger partial charge in [0.2, 0.25) is 0 Å². The van der Waals surface area contributed by atoms with E-state index in [4.69, 9.17) is 5.11 Å². The van der Waals surface area contributed by atoms with Crippen molar-refractivity contribution in [3.63, 3.8) is 0 Å². The van der Waals surface area contributed by atoms with Gasteiger partial charge in [0.05, 0.1) is 5.92 Å². The second kappa shape index (κ2) is 7.02. The van der Waals surface area contributed by atoms with Gasteiger partial charge in [0, 0.05) is 25.0 Å². The van der Waals surface area contributed by atoms with Gasteiger partial charge in [0.25, 0.3) is 0 Å². The smallest absolute Gasteiger partial charge is 0.317 e. The molecule has 0 spiro atoms. The molecule has 126 valence electrons. The molecule has 0 aromatic heterocycles. The van der Waals surface area contributed by atoms with Crippen LogP contribution in [0.5, 0.6) is 0 Å². The van der Waals surface area contributed by atoms with Crippen molar-refractivity contribution in [2.75, 3.05) is 19.6 Å². The zero-order chi connectivity index (χ0) is 17.0. The number of carbonyl (C=O) groups excluding carboxylic acids is 1. The Kier molecular flexibility index (Phi) is 5.29. The molecular formula is C18H26N2O3.